The summed E-state index contributed by atoms with van der Waals surface area (Å²) in [7, 11) is 2.02. The molecule has 1 aromatic rings. The maximum Gasteiger partial charge on any atom is 0.219 e. The summed E-state index contributed by atoms with van der Waals surface area (Å²) in [6, 6.07) is 7.89. The Balaban J connectivity index is 0.00000364. The molecule has 0 saturated carbocycles. The first kappa shape index (κ1) is 24.0. The highest BCUT2D eigenvalue weighted by molar-refractivity contribution is 14.0. The van der Waals surface area contributed by atoms with Crippen LogP contribution in [0.5, 0.6) is 0 Å². The van der Waals surface area contributed by atoms with Gasteiger partial charge in [-0.25, -0.2) is 0 Å². The average molecular weight is 508 g/mol. The number of halogens is 2. The molecule has 152 valence electrons. The third-order valence-corrected chi connectivity index (χ3v) is 4.93. The van der Waals surface area contributed by atoms with E-state index >= 15 is 0 Å². The van der Waals surface area contributed by atoms with E-state index in [0.717, 1.165) is 62.4 Å². The van der Waals surface area contributed by atoms with Crippen LogP contribution in [0.2, 0.25) is 5.02 Å². The third kappa shape index (κ3) is 7.83. The lowest BCUT2D eigenvalue weighted by Gasteiger charge is -2.33. The molecule has 0 bridgehead atoms. The van der Waals surface area contributed by atoms with E-state index in [1.54, 1.807) is 6.92 Å². The molecule has 0 spiro atoms. The normalized spacial score (nSPS) is 15.3. The summed E-state index contributed by atoms with van der Waals surface area (Å²) in [5.74, 6) is 1.05. The molecule has 1 aliphatic heterocycles. The first-order valence-corrected chi connectivity index (χ1v) is 9.59. The van der Waals surface area contributed by atoms with Crippen LogP contribution in [0.1, 0.15) is 19.4 Å². The number of piperazine rings is 1. The van der Waals surface area contributed by atoms with Crippen molar-refractivity contribution >= 4 is 47.4 Å². The highest BCUT2D eigenvalue weighted by Crippen LogP contribution is 2.16. The molecule has 1 aliphatic rings. The van der Waals surface area contributed by atoms with Gasteiger partial charge in [0.15, 0.2) is 5.96 Å². The summed E-state index contributed by atoms with van der Waals surface area (Å²) < 4.78 is 0. The molecule has 1 N–H and O–H groups in total. The number of hydrogen-bond donors (Lipinski definition) is 1. The zero-order valence-corrected chi connectivity index (χ0v) is 19.5. The highest BCUT2D eigenvalue weighted by Gasteiger charge is 2.18. The number of rotatable bonds is 6. The van der Waals surface area contributed by atoms with Crippen molar-refractivity contribution in [2.75, 3.05) is 52.9 Å². The second-order valence-electron chi connectivity index (χ2n) is 6.53. The number of aliphatic imine (C=N–C) groups is 1. The lowest BCUT2D eigenvalue weighted by molar-refractivity contribution is -0.130. The van der Waals surface area contributed by atoms with Gasteiger partial charge in [-0.1, -0.05) is 29.8 Å². The summed E-state index contributed by atoms with van der Waals surface area (Å²) in [6.07, 6.45) is 0. The molecular formula is C19H31ClIN5O. The van der Waals surface area contributed by atoms with Gasteiger partial charge in [-0.05, 0) is 18.6 Å². The Bertz CT molecular complexity index is 620. The predicted octanol–water partition coefficient (Wildman–Crippen LogP) is 2.52. The second kappa shape index (κ2) is 12.4. The van der Waals surface area contributed by atoms with E-state index in [-0.39, 0.29) is 29.9 Å². The fourth-order valence-electron chi connectivity index (χ4n) is 3.01. The molecule has 0 aromatic heterocycles. The molecule has 27 heavy (non-hydrogen) atoms. The van der Waals surface area contributed by atoms with E-state index in [4.69, 9.17) is 16.6 Å². The van der Waals surface area contributed by atoms with Crippen molar-refractivity contribution in [1.82, 2.24) is 20.0 Å². The summed E-state index contributed by atoms with van der Waals surface area (Å²) in [5, 5.41) is 4.12. The van der Waals surface area contributed by atoms with Crippen molar-refractivity contribution in [3.8, 4) is 0 Å². The van der Waals surface area contributed by atoms with Gasteiger partial charge in [0.05, 0.1) is 6.54 Å². The Morgan fingerprint density at radius 3 is 2.52 bits per heavy atom. The first-order valence-electron chi connectivity index (χ1n) is 9.22. The molecule has 1 amide bonds. The molecule has 8 heteroatoms. The van der Waals surface area contributed by atoms with Gasteiger partial charge in [0.2, 0.25) is 5.91 Å². The van der Waals surface area contributed by atoms with Gasteiger partial charge in [-0.15, -0.1) is 24.0 Å². The fourth-order valence-corrected chi connectivity index (χ4v) is 3.21. The van der Waals surface area contributed by atoms with Crippen LogP contribution in [0, 0.1) is 0 Å². The zero-order valence-electron chi connectivity index (χ0n) is 16.4. The van der Waals surface area contributed by atoms with Crippen molar-refractivity contribution in [3.63, 3.8) is 0 Å². The maximum absolute atomic E-state index is 11.4. The largest absolute Gasteiger partial charge is 0.357 e. The molecule has 1 heterocycles. The van der Waals surface area contributed by atoms with Crippen molar-refractivity contribution in [3.05, 3.63) is 34.9 Å². The van der Waals surface area contributed by atoms with Gasteiger partial charge in [0, 0.05) is 64.8 Å². The molecule has 6 nitrogen and oxygen atoms in total. The van der Waals surface area contributed by atoms with E-state index < -0.39 is 0 Å². The highest BCUT2D eigenvalue weighted by atomic mass is 127. The minimum absolute atomic E-state index is 0. The maximum atomic E-state index is 11.4. The summed E-state index contributed by atoms with van der Waals surface area (Å²) in [5.41, 5.74) is 1.09. The first-order chi connectivity index (χ1) is 12.5. The quantitative estimate of drug-likeness (QED) is 0.365. The minimum atomic E-state index is 0. The van der Waals surface area contributed by atoms with Crippen LogP contribution in [0.25, 0.3) is 0 Å². The Hall–Kier alpha value is -1.06. The minimum Gasteiger partial charge on any atom is -0.357 e. The zero-order chi connectivity index (χ0) is 18.9. The van der Waals surface area contributed by atoms with Gasteiger partial charge in [-0.3, -0.25) is 14.7 Å². The van der Waals surface area contributed by atoms with Crippen molar-refractivity contribution in [2.24, 2.45) is 4.99 Å². The standard InChI is InChI=1S/C19H30ClN5O.HI/c1-4-21-19(23(3)15-17-7-5-6-8-18(17)20)22-9-10-24-11-13-25(14-12-24)16(2)26;/h5-8H,4,9-15H2,1-3H3,(H,21,22);1H. The molecular weight excluding hydrogens is 477 g/mol. The monoisotopic (exact) mass is 507 g/mol. The van der Waals surface area contributed by atoms with Crippen molar-refractivity contribution < 1.29 is 4.79 Å². The molecule has 0 unspecified atom stereocenters. The molecule has 0 atom stereocenters. The molecule has 0 aliphatic carbocycles. The Morgan fingerprint density at radius 2 is 1.93 bits per heavy atom. The van der Waals surface area contributed by atoms with E-state index in [2.05, 4.69) is 22.0 Å². The van der Waals surface area contributed by atoms with Crippen LogP contribution in [0.4, 0.5) is 0 Å². The number of hydrogen-bond acceptors (Lipinski definition) is 3. The Labute approximate surface area is 185 Å². The Kier molecular flexibility index (Phi) is 11.0. The van der Waals surface area contributed by atoms with Crippen LogP contribution in [-0.4, -0.2) is 79.4 Å². The van der Waals surface area contributed by atoms with Gasteiger partial charge in [0.25, 0.3) is 0 Å². The average Bonchev–Trinajstić information content (AvgIpc) is 2.63. The van der Waals surface area contributed by atoms with Gasteiger partial charge < -0.3 is 15.1 Å². The van der Waals surface area contributed by atoms with Crippen LogP contribution in [0.3, 0.4) is 0 Å². The third-order valence-electron chi connectivity index (χ3n) is 4.56. The number of nitrogens with one attached hydrogen (secondary N) is 1. The number of benzene rings is 1. The summed E-state index contributed by atoms with van der Waals surface area (Å²) in [4.78, 5) is 22.5. The van der Waals surface area contributed by atoms with Crippen LogP contribution in [-0.2, 0) is 11.3 Å². The van der Waals surface area contributed by atoms with Gasteiger partial charge >= 0.3 is 0 Å². The van der Waals surface area contributed by atoms with Crippen molar-refractivity contribution in [2.45, 2.75) is 20.4 Å². The number of guanidine groups is 1. The van der Waals surface area contributed by atoms with E-state index in [9.17, 15) is 4.79 Å². The second-order valence-corrected chi connectivity index (χ2v) is 6.94. The van der Waals surface area contributed by atoms with Crippen LogP contribution < -0.4 is 5.32 Å². The van der Waals surface area contributed by atoms with Crippen LogP contribution >= 0.6 is 35.6 Å². The molecule has 1 aromatic carbocycles. The summed E-state index contributed by atoms with van der Waals surface area (Å²) >= 11 is 6.27. The van der Waals surface area contributed by atoms with E-state index in [1.807, 2.05) is 36.2 Å². The number of carbonyl (C=O) groups is 1. The number of amides is 1. The van der Waals surface area contributed by atoms with E-state index in [0.29, 0.717) is 6.54 Å². The van der Waals surface area contributed by atoms with Gasteiger partial charge in [0.1, 0.15) is 0 Å². The fraction of sp³-hybridized carbons (Fsp3) is 0.579. The molecule has 1 saturated heterocycles. The lowest BCUT2D eigenvalue weighted by atomic mass is 10.2. The Morgan fingerprint density at radius 1 is 1.26 bits per heavy atom. The summed E-state index contributed by atoms with van der Waals surface area (Å²) in [6.45, 7) is 10.3. The molecule has 2 rings (SSSR count). The van der Waals surface area contributed by atoms with Crippen LogP contribution in [0.15, 0.2) is 29.3 Å². The SMILES string of the molecule is CCNC(=NCCN1CCN(C(C)=O)CC1)N(C)Cc1ccccc1Cl.I. The molecule has 0 radical (unpaired) electrons. The number of carbonyl (C=O) groups excluding carboxylic acids is 1. The topological polar surface area (TPSA) is 51.2 Å². The molecule has 1 fully saturated rings. The smallest absolute Gasteiger partial charge is 0.219 e. The lowest BCUT2D eigenvalue weighted by Crippen LogP contribution is -2.48. The number of nitrogens with zero attached hydrogens (tertiary/aromatic N) is 4. The van der Waals surface area contributed by atoms with E-state index in [1.165, 1.54) is 0 Å². The van der Waals surface area contributed by atoms with Crippen molar-refractivity contribution in [1.29, 1.82) is 0 Å². The predicted molar refractivity (Wildman–Crippen MR) is 123 cm³/mol. The van der Waals surface area contributed by atoms with Gasteiger partial charge in [-0.2, -0.15) is 0 Å².